The summed E-state index contributed by atoms with van der Waals surface area (Å²) in [5, 5.41) is 2.06. The molecule has 1 aromatic heterocycles. The predicted molar refractivity (Wildman–Crippen MR) is 94.2 cm³/mol. The van der Waals surface area contributed by atoms with Gasteiger partial charge in [0, 0.05) is 35.5 Å². The molecule has 4 nitrogen and oxygen atoms in total. The van der Waals surface area contributed by atoms with Crippen LogP contribution >= 0.6 is 23.1 Å². The summed E-state index contributed by atoms with van der Waals surface area (Å²) in [7, 11) is 0. The Kier molecular flexibility index (Phi) is 5.35. The molecule has 1 aliphatic heterocycles. The van der Waals surface area contributed by atoms with Crippen LogP contribution in [-0.4, -0.2) is 41.6 Å². The number of amides is 1. The molecular formula is C17H20N2O2S2. The van der Waals surface area contributed by atoms with Crippen molar-refractivity contribution < 1.29 is 9.53 Å². The first kappa shape index (κ1) is 16.5. The summed E-state index contributed by atoms with van der Waals surface area (Å²) in [6.45, 7) is 5.96. The minimum atomic E-state index is 0.0925. The number of thioether (sulfide) groups is 1. The van der Waals surface area contributed by atoms with Crippen molar-refractivity contribution in [2.45, 2.75) is 30.0 Å². The summed E-state index contributed by atoms with van der Waals surface area (Å²) >= 11 is 3.41. The molecule has 23 heavy (non-hydrogen) atoms. The lowest BCUT2D eigenvalue weighted by atomic mass is 10.1. The molecule has 1 aliphatic rings. The Balaban J connectivity index is 1.59. The molecule has 1 atom stereocenters. The number of hydrogen-bond donors (Lipinski definition) is 0. The molecule has 0 N–H and O–H groups in total. The van der Waals surface area contributed by atoms with Crippen molar-refractivity contribution in [2.24, 2.45) is 0 Å². The number of benzene rings is 1. The van der Waals surface area contributed by atoms with Gasteiger partial charge in [-0.2, -0.15) is 0 Å². The molecule has 0 spiro atoms. The number of morpholine rings is 1. The molecule has 0 aliphatic carbocycles. The minimum Gasteiger partial charge on any atom is -0.375 e. The van der Waals surface area contributed by atoms with E-state index in [9.17, 15) is 4.79 Å². The van der Waals surface area contributed by atoms with Crippen molar-refractivity contribution >= 4 is 29.0 Å². The van der Waals surface area contributed by atoms with E-state index in [-0.39, 0.29) is 12.0 Å². The second-order valence-electron chi connectivity index (χ2n) is 5.67. The van der Waals surface area contributed by atoms with Gasteiger partial charge < -0.3 is 9.64 Å². The fraction of sp³-hybridized carbons (Fsp3) is 0.412. The third kappa shape index (κ3) is 4.34. The normalized spacial score (nSPS) is 18.2. The Morgan fingerprint density at radius 3 is 2.87 bits per heavy atom. The van der Waals surface area contributed by atoms with E-state index < -0.39 is 0 Å². The van der Waals surface area contributed by atoms with Gasteiger partial charge in [0.1, 0.15) is 4.34 Å². The van der Waals surface area contributed by atoms with Crippen LogP contribution in [0.1, 0.15) is 28.5 Å². The van der Waals surface area contributed by atoms with E-state index in [4.69, 9.17) is 4.74 Å². The minimum absolute atomic E-state index is 0.0925. The molecule has 0 unspecified atom stereocenters. The van der Waals surface area contributed by atoms with Crippen molar-refractivity contribution in [2.75, 3.05) is 19.7 Å². The number of thiazole rings is 1. The van der Waals surface area contributed by atoms with E-state index in [0.717, 1.165) is 21.3 Å². The van der Waals surface area contributed by atoms with Gasteiger partial charge in [-0.15, -0.1) is 11.3 Å². The van der Waals surface area contributed by atoms with Crippen molar-refractivity contribution in [1.29, 1.82) is 0 Å². The fourth-order valence-corrected chi connectivity index (χ4v) is 4.28. The number of ether oxygens (including phenoxy) is 1. The smallest absolute Gasteiger partial charge is 0.254 e. The summed E-state index contributed by atoms with van der Waals surface area (Å²) in [6.07, 6.45) is 0.116. The quantitative estimate of drug-likeness (QED) is 0.792. The molecule has 2 heterocycles. The third-order valence-electron chi connectivity index (χ3n) is 3.69. The predicted octanol–water partition coefficient (Wildman–Crippen LogP) is 3.60. The fourth-order valence-electron chi connectivity index (χ4n) is 2.47. The zero-order valence-corrected chi connectivity index (χ0v) is 15.0. The van der Waals surface area contributed by atoms with Crippen LogP contribution in [0.2, 0.25) is 0 Å². The Hall–Kier alpha value is -1.37. The lowest BCUT2D eigenvalue weighted by Gasteiger charge is -2.31. The van der Waals surface area contributed by atoms with Crippen LogP contribution in [0.15, 0.2) is 34.0 Å². The monoisotopic (exact) mass is 348 g/mol. The summed E-state index contributed by atoms with van der Waals surface area (Å²) in [4.78, 5) is 18.8. The first-order valence-electron chi connectivity index (χ1n) is 7.66. The molecule has 0 radical (unpaired) electrons. The first-order chi connectivity index (χ1) is 11.1. The van der Waals surface area contributed by atoms with Gasteiger partial charge in [-0.1, -0.05) is 23.9 Å². The van der Waals surface area contributed by atoms with Gasteiger partial charge in [0.15, 0.2) is 0 Å². The molecule has 122 valence electrons. The number of aromatic nitrogens is 1. The average molecular weight is 348 g/mol. The van der Waals surface area contributed by atoms with Crippen LogP contribution in [0.25, 0.3) is 0 Å². The highest BCUT2D eigenvalue weighted by Gasteiger charge is 2.22. The SMILES string of the molecule is Cc1csc(SCc2ccc(C(=O)N3CCO[C@@H](C)C3)cc2)n1. The lowest BCUT2D eigenvalue weighted by Crippen LogP contribution is -2.44. The zero-order valence-electron chi connectivity index (χ0n) is 13.3. The molecule has 1 fully saturated rings. The maximum Gasteiger partial charge on any atom is 0.254 e. The molecule has 1 amide bonds. The van der Waals surface area contributed by atoms with Crippen LogP contribution in [-0.2, 0) is 10.5 Å². The molecule has 1 aromatic carbocycles. The van der Waals surface area contributed by atoms with E-state index in [1.807, 2.05) is 43.0 Å². The maximum atomic E-state index is 12.5. The van der Waals surface area contributed by atoms with Crippen molar-refractivity contribution in [1.82, 2.24) is 9.88 Å². The summed E-state index contributed by atoms with van der Waals surface area (Å²) in [5.74, 6) is 0.964. The highest BCUT2D eigenvalue weighted by molar-refractivity contribution is 8.00. The molecule has 2 aromatic rings. The summed E-state index contributed by atoms with van der Waals surface area (Å²) < 4.78 is 6.58. The van der Waals surface area contributed by atoms with Gasteiger partial charge in [0.25, 0.3) is 5.91 Å². The first-order valence-corrected chi connectivity index (χ1v) is 9.53. The zero-order chi connectivity index (χ0) is 16.2. The van der Waals surface area contributed by atoms with Gasteiger partial charge >= 0.3 is 0 Å². The van der Waals surface area contributed by atoms with Crippen LogP contribution < -0.4 is 0 Å². The van der Waals surface area contributed by atoms with Gasteiger partial charge in [-0.05, 0) is 31.5 Å². The van der Waals surface area contributed by atoms with Gasteiger partial charge in [0.05, 0.1) is 12.7 Å². The Bertz CT molecular complexity index is 669. The summed E-state index contributed by atoms with van der Waals surface area (Å²) in [5.41, 5.74) is 3.02. The van der Waals surface area contributed by atoms with Gasteiger partial charge in [-0.3, -0.25) is 4.79 Å². The van der Waals surface area contributed by atoms with Crippen molar-refractivity contribution in [3.63, 3.8) is 0 Å². The van der Waals surface area contributed by atoms with Gasteiger partial charge in [0.2, 0.25) is 0 Å². The maximum absolute atomic E-state index is 12.5. The van der Waals surface area contributed by atoms with E-state index in [1.54, 1.807) is 23.1 Å². The molecule has 0 bridgehead atoms. The Morgan fingerprint density at radius 1 is 1.43 bits per heavy atom. The second kappa shape index (κ2) is 7.47. The number of hydrogen-bond acceptors (Lipinski definition) is 5. The van der Waals surface area contributed by atoms with E-state index in [2.05, 4.69) is 10.4 Å². The Labute approximate surface area is 144 Å². The number of aryl methyl sites for hydroxylation is 1. The number of rotatable bonds is 4. The highest BCUT2D eigenvalue weighted by atomic mass is 32.2. The summed E-state index contributed by atoms with van der Waals surface area (Å²) in [6, 6.07) is 7.91. The van der Waals surface area contributed by atoms with Crippen LogP contribution in [0, 0.1) is 6.92 Å². The van der Waals surface area contributed by atoms with Crippen LogP contribution in [0.3, 0.4) is 0 Å². The third-order valence-corrected chi connectivity index (χ3v) is 5.90. The number of carbonyl (C=O) groups excluding carboxylic acids is 1. The number of carbonyl (C=O) groups is 1. The molecule has 1 saturated heterocycles. The van der Waals surface area contributed by atoms with Crippen molar-refractivity contribution in [3.8, 4) is 0 Å². The highest BCUT2D eigenvalue weighted by Crippen LogP contribution is 2.26. The van der Waals surface area contributed by atoms with Gasteiger partial charge in [-0.25, -0.2) is 4.98 Å². The lowest BCUT2D eigenvalue weighted by molar-refractivity contribution is -0.0124. The molecule has 6 heteroatoms. The average Bonchev–Trinajstić information content (AvgIpc) is 2.98. The van der Waals surface area contributed by atoms with E-state index in [0.29, 0.717) is 19.7 Å². The van der Waals surface area contributed by atoms with E-state index in [1.165, 1.54) is 5.56 Å². The standard InChI is InChI=1S/C17H20N2O2S2/c1-12-10-22-17(18-12)23-11-14-3-5-15(6-4-14)16(20)19-7-8-21-13(2)9-19/h3-6,10,13H,7-9,11H2,1-2H3/t13-/m0/s1. The van der Waals surface area contributed by atoms with E-state index >= 15 is 0 Å². The second-order valence-corrected chi connectivity index (χ2v) is 7.75. The Morgan fingerprint density at radius 2 is 2.22 bits per heavy atom. The largest absolute Gasteiger partial charge is 0.375 e. The van der Waals surface area contributed by atoms with Crippen LogP contribution in [0.5, 0.6) is 0 Å². The van der Waals surface area contributed by atoms with Crippen molar-refractivity contribution in [3.05, 3.63) is 46.5 Å². The van der Waals surface area contributed by atoms with Crippen LogP contribution in [0.4, 0.5) is 0 Å². The molecule has 3 rings (SSSR count). The topological polar surface area (TPSA) is 42.4 Å². The number of nitrogens with zero attached hydrogens (tertiary/aromatic N) is 2. The molecular weight excluding hydrogens is 328 g/mol. The molecule has 0 saturated carbocycles.